The zero-order chi connectivity index (χ0) is 18.3. The highest BCUT2D eigenvalue weighted by Crippen LogP contribution is 2.40. The lowest BCUT2D eigenvalue weighted by molar-refractivity contribution is 0.404. The highest BCUT2D eigenvalue weighted by Gasteiger charge is 2.21. The van der Waals surface area contributed by atoms with Gasteiger partial charge < -0.3 is 18.9 Å². The molecule has 4 rings (SSSR count). The molecule has 0 aliphatic heterocycles. The topological polar surface area (TPSA) is 88.2 Å². The number of hydrogen-bond acceptors (Lipinski definition) is 5. The predicted molar refractivity (Wildman–Crippen MR) is 97.6 cm³/mol. The van der Waals surface area contributed by atoms with Crippen LogP contribution in [0.4, 0.5) is 0 Å². The fourth-order valence-electron chi connectivity index (χ4n) is 3.18. The molecule has 26 heavy (non-hydrogen) atoms. The van der Waals surface area contributed by atoms with Gasteiger partial charge in [0.25, 0.3) is 0 Å². The lowest BCUT2D eigenvalue weighted by Crippen LogP contribution is -2.07. The number of nitrogens with one attached hydrogen (secondary N) is 1. The van der Waals surface area contributed by atoms with E-state index >= 15 is 0 Å². The molecular weight excluding hydrogens is 332 g/mol. The summed E-state index contributed by atoms with van der Waals surface area (Å²) >= 11 is 0. The Morgan fingerprint density at radius 3 is 2.65 bits per heavy atom. The number of ether oxygens (including phenoxy) is 2. The van der Waals surface area contributed by atoms with Gasteiger partial charge >= 0.3 is 5.63 Å². The van der Waals surface area contributed by atoms with Crippen LogP contribution in [-0.2, 0) is 0 Å². The number of aromatic nitrogens is 1. The lowest BCUT2D eigenvalue weighted by atomic mass is 9.95. The van der Waals surface area contributed by atoms with E-state index in [2.05, 4.69) is 4.98 Å². The predicted octanol–water partition coefficient (Wildman–Crippen LogP) is 3.83. The van der Waals surface area contributed by atoms with Gasteiger partial charge in [-0.2, -0.15) is 5.26 Å². The van der Waals surface area contributed by atoms with Gasteiger partial charge in [-0.15, -0.1) is 0 Å². The molecule has 0 radical (unpaired) electrons. The second-order valence-corrected chi connectivity index (χ2v) is 5.70. The molecule has 0 fully saturated rings. The molecule has 2 aromatic carbocycles. The first-order valence-electron chi connectivity index (χ1n) is 7.87. The Hall–Kier alpha value is -3.72. The molecule has 2 heterocycles. The molecule has 4 aromatic rings. The number of fused-ring (bicyclic) bond motifs is 3. The fraction of sp³-hybridized carbons (Fsp3) is 0.100. The van der Waals surface area contributed by atoms with E-state index in [9.17, 15) is 10.1 Å². The summed E-state index contributed by atoms with van der Waals surface area (Å²) in [5, 5.41) is 11.0. The van der Waals surface area contributed by atoms with Gasteiger partial charge in [0.05, 0.1) is 14.2 Å². The number of aromatic amines is 1. The summed E-state index contributed by atoms with van der Waals surface area (Å²) < 4.78 is 16.2. The van der Waals surface area contributed by atoms with Gasteiger partial charge in [-0.05, 0) is 36.4 Å². The average Bonchev–Trinajstić information content (AvgIpc) is 3.15. The molecule has 0 atom stereocenters. The SMILES string of the molecule is COc1ccc(OC)c(-c2c(C#N)c(=O)oc3c2ccc2[nH]ccc23)c1. The van der Waals surface area contributed by atoms with E-state index in [1.165, 1.54) is 7.11 Å². The van der Waals surface area contributed by atoms with Crippen LogP contribution in [0.15, 0.2) is 51.8 Å². The average molecular weight is 346 g/mol. The zero-order valence-corrected chi connectivity index (χ0v) is 14.1. The molecule has 0 bridgehead atoms. The van der Waals surface area contributed by atoms with Crippen molar-refractivity contribution in [2.45, 2.75) is 0 Å². The maximum absolute atomic E-state index is 12.5. The van der Waals surface area contributed by atoms with Crippen molar-refractivity contribution in [2.24, 2.45) is 0 Å². The summed E-state index contributed by atoms with van der Waals surface area (Å²) in [6.07, 6.45) is 1.77. The van der Waals surface area contributed by atoms with Crippen molar-refractivity contribution in [1.82, 2.24) is 4.98 Å². The summed E-state index contributed by atoms with van der Waals surface area (Å²) in [5.74, 6) is 1.12. The van der Waals surface area contributed by atoms with Gasteiger partial charge in [0.1, 0.15) is 28.7 Å². The Labute approximate surface area is 148 Å². The van der Waals surface area contributed by atoms with Crippen molar-refractivity contribution in [3.63, 3.8) is 0 Å². The number of hydrogen-bond donors (Lipinski definition) is 1. The van der Waals surface area contributed by atoms with Crippen molar-refractivity contribution in [1.29, 1.82) is 5.26 Å². The third kappa shape index (κ3) is 2.22. The van der Waals surface area contributed by atoms with Crippen LogP contribution in [0, 0.1) is 11.3 Å². The van der Waals surface area contributed by atoms with E-state index in [0.29, 0.717) is 33.6 Å². The summed E-state index contributed by atoms with van der Waals surface area (Å²) in [4.78, 5) is 15.6. The Balaban J connectivity index is 2.22. The van der Waals surface area contributed by atoms with Crippen molar-refractivity contribution in [3.8, 4) is 28.7 Å². The van der Waals surface area contributed by atoms with Gasteiger partial charge in [-0.25, -0.2) is 4.79 Å². The first-order chi connectivity index (χ1) is 12.7. The largest absolute Gasteiger partial charge is 0.497 e. The highest BCUT2D eigenvalue weighted by molar-refractivity contribution is 6.09. The van der Waals surface area contributed by atoms with E-state index in [-0.39, 0.29) is 5.56 Å². The second-order valence-electron chi connectivity index (χ2n) is 5.70. The highest BCUT2D eigenvalue weighted by atomic mass is 16.5. The Morgan fingerprint density at radius 2 is 1.92 bits per heavy atom. The van der Waals surface area contributed by atoms with E-state index in [1.54, 1.807) is 31.5 Å². The number of methoxy groups -OCH3 is 2. The summed E-state index contributed by atoms with van der Waals surface area (Å²) in [5.41, 5.74) is 1.57. The third-order valence-corrected chi connectivity index (χ3v) is 4.39. The monoisotopic (exact) mass is 346 g/mol. The Morgan fingerprint density at radius 1 is 1.08 bits per heavy atom. The Bertz CT molecular complexity index is 1240. The number of benzene rings is 2. The minimum absolute atomic E-state index is 0.0704. The minimum atomic E-state index is -0.687. The van der Waals surface area contributed by atoms with E-state index in [1.807, 2.05) is 24.3 Å². The first-order valence-corrected chi connectivity index (χ1v) is 7.87. The first kappa shape index (κ1) is 15.8. The molecule has 0 aliphatic rings. The van der Waals surface area contributed by atoms with Crippen molar-refractivity contribution in [3.05, 3.63) is 58.6 Å². The van der Waals surface area contributed by atoms with Crippen molar-refractivity contribution in [2.75, 3.05) is 14.2 Å². The van der Waals surface area contributed by atoms with Gasteiger partial charge in [-0.3, -0.25) is 0 Å². The molecule has 2 aromatic heterocycles. The number of rotatable bonds is 3. The smallest absolute Gasteiger partial charge is 0.355 e. The van der Waals surface area contributed by atoms with E-state index < -0.39 is 5.63 Å². The maximum atomic E-state index is 12.5. The Kier molecular flexibility index (Phi) is 3.63. The standard InChI is InChI=1S/C20H14N2O4/c1-24-11-3-6-17(25-2)14(9-11)18-13-4-5-16-12(7-8-22-16)19(13)26-20(23)15(18)10-21/h3-9,22H,1-2H3. The lowest BCUT2D eigenvalue weighted by Gasteiger charge is -2.13. The molecule has 128 valence electrons. The van der Waals surface area contributed by atoms with Crippen LogP contribution in [0.5, 0.6) is 11.5 Å². The zero-order valence-electron chi connectivity index (χ0n) is 14.1. The molecule has 1 N–H and O–H groups in total. The molecule has 0 saturated carbocycles. The van der Waals surface area contributed by atoms with Gasteiger partial charge in [0, 0.05) is 33.6 Å². The van der Waals surface area contributed by atoms with Crippen LogP contribution in [0.2, 0.25) is 0 Å². The number of H-pyrrole nitrogens is 1. The van der Waals surface area contributed by atoms with Crippen molar-refractivity contribution >= 4 is 21.9 Å². The number of nitrogens with zero attached hydrogens (tertiary/aromatic N) is 1. The molecule has 6 nitrogen and oxygen atoms in total. The molecule has 6 heteroatoms. The van der Waals surface area contributed by atoms with Crippen LogP contribution >= 0.6 is 0 Å². The number of nitriles is 1. The van der Waals surface area contributed by atoms with Crippen LogP contribution in [0.1, 0.15) is 5.56 Å². The minimum Gasteiger partial charge on any atom is -0.497 e. The second kappa shape index (κ2) is 5.97. The summed E-state index contributed by atoms with van der Waals surface area (Å²) in [7, 11) is 3.09. The maximum Gasteiger partial charge on any atom is 0.355 e. The third-order valence-electron chi connectivity index (χ3n) is 4.39. The summed E-state index contributed by atoms with van der Waals surface area (Å²) in [6.45, 7) is 0. The van der Waals surface area contributed by atoms with Gasteiger partial charge in [-0.1, -0.05) is 0 Å². The van der Waals surface area contributed by atoms with Gasteiger partial charge in [0.2, 0.25) is 0 Å². The molecule has 0 amide bonds. The van der Waals surface area contributed by atoms with Crippen molar-refractivity contribution < 1.29 is 13.9 Å². The molecule has 0 saturated heterocycles. The molecule has 0 spiro atoms. The molecule has 0 unspecified atom stereocenters. The van der Waals surface area contributed by atoms with Crippen LogP contribution < -0.4 is 15.1 Å². The fourth-order valence-corrected chi connectivity index (χ4v) is 3.18. The normalized spacial score (nSPS) is 10.8. The quantitative estimate of drug-likeness (QED) is 0.570. The molecule has 0 aliphatic carbocycles. The summed E-state index contributed by atoms with van der Waals surface area (Å²) in [6, 6.07) is 12.8. The molecular formula is C20H14N2O4. The van der Waals surface area contributed by atoms with Crippen LogP contribution in [0.25, 0.3) is 33.0 Å². The van der Waals surface area contributed by atoms with Crippen LogP contribution in [0.3, 0.4) is 0 Å². The van der Waals surface area contributed by atoms with Gasteiger partial charge in [0.15, 0.2) is 0 Å². The van der Waals surface area contributed by atoms with Crippen LogP contribution in [-0.4, -0.2) is 19.2 Å². The van der Waals surface area contributed by atoms with E-state index in [4.69, 9.17) is 13.9 Å². The van der Waals surface area contributed by atoms with E-state index in [0.717, 1.165) is 10.9 Å².